The van der Waals surface area contributed by atoms with Crippen molar-refractivity contribution in [2.75, 3.05) is 10.7 Å². The van der Waals surface area contributed by atoms with Gasteiger partial charge in [0.1, 0.15) is 6.20 Å². The van der Waals surface area contributed by atoms with Gasteiger partial charge < -0.3 is 5.32 Å². The van der Waals surface area contributed by atoms with E-state index in [1.807, 2.05) is 16.8 Å². The third-order valence-electron chi connectivity index (χ3n) is 2.14. The third kappa shape index (κ3) is 2.70. The first-order valence-corrected chi connectivity index (χ1v) is 5.88. The summed E-state index contributed by atoms with van der Waals surface area (Å²) in [7, 11) is 0. The van der Waals surface area contributed by atoms with E-state index in [-0.39, 0.29) is 17.5 Å². The van der Waals surface area contributed by atoms with Gasteiger partial charge in [0.15, 0.2) is 0 Å². The van der Waals surface area contributed by atoms with Crippen molar-refractivity contribution in [3.05, 3.63) is 38.7 Å². The minimum absolute atomic E-state index is 0.119. The first kappa shape index (κ1) is 12.2. The molecule has 0 aromatic carbocycles. The maximum Gasteiger partial charge on any atom is 0.329 e. The van der Waals surface area contributed by atoms with Crippen LogP contribution < -0.4 is 16.6 Å². The Morgan fingerprint density at radius 2 is 2.39 bits per heavy atom. The van der Waals surface area contributed by atoms with Crippen LogP contribution in [0.3, 0.4) is 0 Å². The summed E-state index contributed by atoms with van der Waals surface area (Å²) in [5.41, 5.74) is 3.08. The molecule has 0 spiro atoms. The zero-order valence-electron chi connectivity index (χ0n) is 9.16. The minimum atomic E-state index is -0.545. The first-order chi connectivity index (χ1) is 8.70. The van der Waals surface area contributed by atoms with Gasteiger partial charge in [0.25, 0.3) is 0 Å². The molecule has 94 valence electrons. The zero-order valence-corrected chi connectivity index (χ0v) is 9.98. The van der Waals surface area contributed by atoms with Crippen LogP contribution in [0.15, 0.2) is 23.0 Å². The summed E-state index contributed by atoms with van der Waals surface area (Å²) in [6, 6.07) is 1.92. The Bertz CT molecular complexity index is 544. The average molecular weight is 266 g/mol. The molecule has 2 rings (SSSR count). The molecule has 2 heterocycles. The Balaban J connectivity index is 2.20. The standard InChI is InChI=1S/C9H10N6O2S/c10-14-9-12-4-7(15(16)17)8(13-9)11-3-6-1-2-18-5-6/h1-2,4-5H,3,10H2,(H2,11,12,13,14). The summed E-state index contributed by atoms with van der Waals surface area (Å²) >= 11 is 1.55. The highest BCUT2D eigenvalue weighted by molar-refractivity contribution is 7.07. The number of thiophene rings is 1. The van der Waals surface area contributed by atoms with Gasteiger partial charge >= 0.3 is 5.69 Å². The Morgan fingerprint density at radius 1 is 1.56 bits per heavy atom. The molecule has 2 aromatic heterocycles. The van der Waals surface area contributed by atoms with E-state index in [9.17, 15) is 10.1 Å². The molecule has 0 aliphatic rings. The van der Waals surface area contributed by atoms with Gasteiger partial charge in [0.2, 0.25) is 11.8 Å². The Labute approximate surface area is 106 Å². The van der Waals surface area contributed by atoms with Crippen LogP contribution in [-0.2, 0) is 6.54 Å². The second-order valence-corrected chi connectivity index (χ2v) is 4.09. The van der Waals surface area contributed by atoms with Gasteiger partial charge in [0, 0.05) is 6.54 Å². The lowest BCUT2D eigenvalue weighted by molar-refractivity contribution is -0.384. The summed E-state index contributed by atoms with van der Waals surface area (Å²) in [6.07, 6.45) is 1.11. The topological polar surface area (TPSA) is 119 Å². The molecule has 0 fully saturated rings. The van der Waals surface area contributed by atoms with Crippen molar-refractivity contribution in [2.45, 2.75) is 6.54 Å². The van der Waals surface area contributed by atoms with E-state index in [0.717, 1.165) is 11.8 Å². The van der Waals surface area contributed by atoms with E-state index in [4.69, 9.17) is 5.84 Å². The second-order valence-electron chi connectivity index (χ2n) is 3.31. The molecule has 0 saturated carbocycles. The lowest BCUT2D eigenvalue weighted by atomic mass is 10.3. The highest BCUT2D eigenvalue weighted by Gasteiger charge is 2.16. The first-order valence-electron chi connectivity index (χ1n) is 4.93. The number of hydrogen-bond donors (Lipinski definition) is 3. The largest absolute Gasteiger partial charge is 0.360 e. The Hall–Kier alpha value is -2.26. The van der Waals surface area contributed by atoms with Crippen molar-refractivity contribution in [2.24, 2.45) is 5.84 Å². The van der Waals surface area contributed by atoms with Crippen LogP contribution in [0.1, 0.15) is 5.56 Å². The lowest BCUT2D eigenvalue weighted by Gasteiger charge is -2.06. The molecule has 0 aliphatic heterocycles. The van der Waals surface area contributed by atoms with Crippen LogP contribution in [0.5, 0.6) is 0 Å². The molecule has 0 atom stereocenters. The van der Waals surface area contributed by atoms with Gasteiger partial charge in [-0.1, -0.05) is 0 Å². The van der Waals surface area contributed by atoms with Crippen molar-refractivity contribution in [1.29, 1.82) is 0 Å². The number of hydrogen-bond acceptors (Lipinski definition) is 8. The van der Waals surface area contributed by atoms with Gasteiger partial charge in [-0.2, -0.15) is 16.3 Å². The fourth-order valence-corrected chi connectivity index (χ4v) is 1.96. The summed E-state index contributed by atoms with van der Waals surface area (Å²) < 4.78 is 0. The zero-order chi connectivity index (χ0) is 13.0. The van der Waals surface area contributed by atoms with Crippen LogP contribution in [0, 0.1) is 10.1 Å². The van der Waals surface area contributed by atoms with E-state index in [1.165, 1.54) is 0 Å². The number of anilines is 2. The maximum absolute atomic E-state index is 10.8. The number of nitrogens with two attached hydrogens (primary N) is 1. The van der Waals surface area contributed by atoms with Gasteiger partial charge in [-0.15, -0.1) is 0 Å². The van der Waals surface area contributed by atoms with Crippen molar-refractivity contribution >= 4 is 28.8 Å². The van der Waals surface area contributed by atoms with Crippen molar-refractivity contribution in [1.82, 2.24) is 9.97 Å². The average Bonchev–Trinajstić information content (AvgIpc) is 2.88. The monoisotopic (exact) mass is 266 g/mol. The smallest absolute Gasteiger partial charge is 0.329 e. The van der Waals surface area contributed by atoms with Crippen molar-refractivity contribution < 1.29 is 4.92 Å². The number of rotatable bonds is 5. The fraction of sp³-hybridized carbons (Fsp3) is 0.111. The van der Waals surface area contributed by atoms with E-state index in [2.05, 4.69) is 20.7 Å². The van der Waals surface area contributed by atoms with Crippen LogP contribution in [-0.4, -0.2) is 14.9 Å². The predicted octanol–water partition coefficient (Wildman–Crippen LogP) is 1.34. The molecular formula is C9H10N6O2S. The molecule has 0 aliphatic carbocycles. The second kappa shape index (κ2) is 5.38. The van der Waals surface area contributed by atoms with E-state index >= 15 is 0 Å². The molecule has 2 aromatic rings. The highest BCUT2D eigenvalue weighted by Crippen LogP contribution is 2.22. The molecule has 0 radical (unpaired) electrons. The quantitative estimate of drug-likeness (QED) is 0.424. The number of nitro groups is 1. The van der Waals surface area contributed by atoms with E-state index < -0.39 is 4.92 Å². The third-order valence-corrected chi connectivity index (χ3v) is 2.87. The molecule has 0 unspecified atom stereocenters. The van der Waals surface area contributed by atoms with Crippen molar-refractivity contribution in [3.8, 4) is 0 Å². The molecule has 8 nitrogen and oxygen atoms in total. The number of hydrazine groups is 1. The molecule has 4 N–H and O–H groups in total. The summed E-state index contributed by atoms with van der Waals surface area (Å²) in [5.74, 6) is 5.42. The predicted molar refractivity (Wildman–Crippen MR) is 68.1 cm³/mol. The number of nitrogens with zero attached hydrogens (tertiary/aromatic N) is 3. The van der Waals surface area contributed by atoms with E-state index in [0.29, 0.717) is 6.54 Å². The SMILES string of the molecule is NNc1ncc([N+](=O)[O-])c(NCc2ccsc2)n1. The number of aromatic nitrogens is 2. The number of nitrogens with one attached hydrogen (secondary N) is 2. The van der Waals surface area contributed by atoms with Crippen molar-refractivity contribution in [3.63, 3.8) is 0 Å². The summed E-state index contributed by atoms with van der Waals surface area (Å²) in [4.78, 5) is 17.9. The van der Waals surface area contributed by atoms with Gasteiger partial charge in [0.05, 0.1) is 4.92 Å². The Morgan fingerprint density at radius 3 is 3.00 bits per heavy atom. The molecule has 9 heteroatoms. The molecule has 18 heavy (non-hydrogen) atoms. The highest BCUT2D eigenvalue weighted by atomic mass is 32.1. The lowest BCUT2D eigenvalue weighted by Crippen LogP contribution is -2.13. The van der Waals surface area contributed by atoms with Crippen LogP contribution in [0.2, 0.25) is 0 Å². The molecular weight excluding hydrogens is 256 g/mol. The van der Waals surface area contributed by atoms with Gasteiger partial charge in [-0.05, 0) is 22.4 Å². The summed E-state index contributed by atoms with van der Waals surface area (Å²) in [6.45, 7) is 0.450. The van der Waals surface area contributed by atoms with Crippen LogP contribution in [0.25, 0.3) is 0 Å². The van der Waals surface area contributed by atoms with E-state index in [1.54, 1.807) is 11.3 Å². The maximum atomic E-state index is 10.8. The number of nitrogen functional groups attached to an aromatic ring is 1. The van der Waals surface area contributed by atoms with Gasteiger partial charge in [-0.25, -0.2) is 10.8 Å². The normalized spacial score (nSPS) is 10.1. The molecule has 0 bridgehead atoms. The van der Waals surface area contributed by atoms with Gasteiger partial charge in [-0.3, -0.25) is 15.5 Å². The summed E-state index contributed by atoms with van der Waals surface area (Å²) in [5, 5.41) is 17.6. The van der Waals surface area contributed by atoms with Crippen LogP contribution >= 0.6 is 11.3 Å². The molecule has 0 saturated heterocycles. The van der Waals surface area contributed by atoms with Crippen LogP contribution in [0.4, 0.5) is 17.5 Å². The minimum Gasteiger partial charge on any atom is -0.360 e. The fourth-order valence-electron chi connectivity index (χ4n) is 1.29. The Kier molecular flexibility index (Phi) is 3.65. The molecule has 0 amide bonds.